The van der Waals surface area contributed by atoms with Gasteiger partial charge in [-0.3, -0.25) is 0 Å². The standard InChI is InChI=1S/C21H30N2/c1-6-12-23(19-13-18(14-22)9-8-17(19)2)16-21(5)11-7-10-20(3,4)15-21/h6,8-9,12-13H,7,10-11,15-16H2,1-5H3/b12-6-. The summed E-state index contributed by atoms with van der Waals surface area (Å²) >= 11 is 0. The summed E-state index contributed by atoms with van der Waals surface area (Å²) in [5.74, 6) is 0. The number of benzene rings is 1. The number of hydrogen-bond donors (Lipinski definition) is 0. The third kappa shape index (κ3) is 4.38. The molecule has 124 valence electrons. The average Bonchev–Trinajstić information content (AvgIpc) is 2.46. The molecule has 1 fully saturated rings. The summed E-state index contributed by atoms with van der Waals surface area (Å²) in [5.41, 5.74) is 3.86. The molecule has 0 radical (unpaired) electrons. The topological polar surface area (TPSA) is 27.0 Å². The largest absolute Gasteiger partial charge is 0.348 e. The lowest BCUT2D eigenvalue weighted by Crippen LogP contribution is -2.39. The summed E-state index contributed by atoms with van der Waals surface area (Å²) in [5, 5.41) is 9.22. The van der Waals surface area contributed by atoms with Crippen molar-refractivity contribution in [2.45, 2.75) is 60.3 Å². The first kappa shape index (κ1) is 17.6. The normalized spacial score (nSPS) is 23.7. The molecule has 0 N–H and O–H groups in total. The van der Waals surface area contributed by atoms with Crippen LogP contribution in [0.3, 0.4) is 0 Å². The molecule has 0 bridgehead atoms. The lowest BCUT2D eigenvalue weighted by Gasteiger charge is -2.45. The maximum atomic E-state index is 9.22. The van der Waals surface area contributed by atoms with Gasteiger partial charge in [-0.25, -0.2) is 0 Å². The van der Waals surface area contributed by atoms with Crippen LogP contribution in [-0.2, 0) is 0 Å². The summed E-state index contributed by atoms with van der Waals surface area (Å²) in [7, 11) is 0. The SMILES string of the molecule is C/C=C\N(CC1(C)CCCC(C)(C)C1)c1cc(C#N)ccc1C. The van der Waals surface area contributed by atoms with Gasteiger partial charge in [-0.1, -0.05) is 39.3 Å². The van der Waals surface area contributed by atoms with E-state index in [1.165, 1.54) is 31.2 Å². The molecule has 0 aromatic heterocycles. The highest BCUT2D eigenvalue weighted by Gasteiger charge is 2.37. The third-order valence-corrected chi connectivity index (χ3v) is 5.07. The van der Waals surface area contributed by atoms with Crippen molar-refractivity contribution in [1.29, 1.82) is 5.26 Å². The van der Waals surface area contributed by atoms with E-state index in [9.17, 15) is 5.26 Å². The Hall–Kier alpha value is -1.75. The van der Waals surface area contributed by atoms with E-state index in [4.69, 9.17) is 0 Å². The summed E-state index contributed by atoms with van der Waals surface area (Å²) in [6, 6.07) is 8.24. The van der Waals surface area contributed by atoms with E-state index in [1.807, 2.05) is 12.1 Å². The van der Waals surface area contributed by atoms with Crippen molar-refractivity contribution in [1.82, 2.24) is 0 Å². The smallest absolute Gasteiger partial charge is 0.0992 e. The first-order chi connectivity index (χ1) is 10.8. The molecule has 0 spiro atoms. The van der Waals surface area contributed by atoms with Crippen molar-refractivity contribution < 1.29 is 0 Å². The lowest BCUT2D eigenvalue weighted by atomic mass is 9.64. The van der Waals surface area contributed by atoms with Crippen LogP contribution in [0.2, 0.25) is 0 Å². The Labute approximate surface area is 141 Å². The molecule has 0 saturated heterocycles. The number of nitriles is 1. The highest BCUT2D eigenvalue weighted by molar-refractivity contribution is 5.59. The van der Waals surface area contributed by atoms with Gasteiger partial charge in [0.05, 0.1) is 11.6 Å². The molecule has 2 nitrogen and oxygen atoms in total. The van der Waals surface area contributed by atoms with E-state index in [0.717, 1.165) is 17.8 Å². The van der Waals surface area contributed by atoms with Gasteiger partial charge in [0, 0.05) is 12.2 Å². The van der Waals surface area contributed by atoms with Crippen molar-refractivity contribution in [3.63, 3.8) is 0 Å². The molecule has 1 aromatic rings. The van der Waals surface area contributed by atoms with Gasteiger partial charge < -0.3 is 4.90 Å². The van der Waals surface area contributed by atoms with E-state index < -0.39 is 0 Å². The fourth-order valence-electron chi connectivity index (χ4n) is 4.26. The van der Waals surface area contributed by atoms with Crippen LogP contribution in [0, 0.1) is 29.1 Å². The molecule has 0 aliphatic heterocycles. The van der Waals surface area contributed by atoms with Crippen LogP contribution in [0.15, 0.2) is 30.5 Å². The van der Waals surface area contributed by atoms with Gasteiger partial charge in [0.1, 0.15) is 0 Å². The molecule has 1 aromatic carbocycles. The minimum absolute atomic E-state index is 0.316. The Bertz CT molecular complexity index is 621. The number of anilines is 1. The van der Waals surface area contributed by atoms with Crippen LogP contribution < -0.4 is 4.90 Å². The molecule has 2 heteroatoms. The molecule has 1 unspecified atom stereocenters. The minimum Gasteiger partial charge on any atom is -0.348 e. The first-order valence-corrected chi connectivity index (χ1v) is 8.69. The molecule has 1 aliphatic rings. The summed E-state index contributed by atoms with van der Waals surface area (Å²) < 4.78 is 0. The fourth-order valence-corrected chi connectivity index (χ4v) is 4.26. The van der Waals surface area contributed by atoms with Crippen molar-refractivity contribution >= 4 is 5.69 Å². The van der Waals surface area contributed by atoms with Gasteiger partial charge in [-0.2, -0.15) is 5.26 Å². The van der Waals surface area contributed by atoms with Crippen LogP contribution >= 0.6 is 0 Å². The van der Waals surface area contributed by atoms with E-state index in [1.54, 1.807) is 0 Å². The Morgan fingerprint density at radius 3 is 2.61 bits per heavy atom. The molecular weight excluding hydrogens is 280 g/mol. The van der Waals surface area contributed by atoms with E-state index in [2.05, 4.69) is 63.9 Å². The maximum Gasteiger partial charge on any atom is 0.0992 e. The van der Waals surface area contributed by atoms with Crippen LogP contribution in [0.4, 0.5) is 5.69 Å². The van der Waals surface area contributed by atoms with Crippen LogP contribution in [-0.4, -0.2) is 6.54 Å². The van der Waals surface area contributed by atoms with E-state index >= 15 is 0 Å². The van der Waals surface area contributed by atoms with Crippen molar-refractivity contribution in [3.8, 4) is 6.07 Å². The van der Waals surface area contributed by atoms with Crippen molar-refractivity contribution in [2.24, 2.45) is 10.8 Å². The molecule has 0 amide bonds. The van der Waals surface area contributed by atoms with E-state index in [0.29, 0.717) is 10.8 Å². The Balaban J connectivity index is 2.31. The van der Waals surface area contributed by atoms with Gasteiger partial charge in [0.25, 0.3) is 0 Å². The zero-order valence-electron chi connectivity index (χ0n) is 15.3. The van der Waals surface area contributed by atoms with Crippen LogP contribution in [0.1, 0.15) is 64.5 Å². The monoisotopic (exact) mass is 310 g/mol. The highest BCUT2D eigenvalue weighted by Crippen LogP contribution is 2.46. The molecule has 2 rings (SSSR count). The molecule has 0 heterocycles. The van der Waals surface area contributed by atoms with Gasteiger partial charge in [-0.15, -0.1) is 0 Å². The van der Waals surface area contributed by atoms with Gasteiger partial charge in [0.2, 0.25) is 0 Å². The second kappa shape index (κ2) is 6.79. The van der Waals surface area contributed by atoms with Gasteiger partial charge in [-0.05, 0) is 67.8 Å². The summed E-state index contributed by atoms with van der Waals surface area (Å²) in [4.78, 5) is 2.34. The predicted octanol–water partition coefficient (Wildman–Crippen LogP) is 5.81. The highest BCUT2D eigenvalue weighted by atomic mass is 15.1. The fraction of sp³-hybridized carbons (Fsp3) is 0.571. The summed E-state index contributed by atoms with van der Waals surface area (Å²) in [6.45, 7) is 12.4. The number of hydrogen-bond acceptors (Lipinski definition) is 2. The van der Waals surface area contributed by atoms with Crippen LogP contribution in [0.25, 0.3) is 0 Å². The van der Waals surface area contributed by atoms with Crippen LogP contribution in [0.5, 0.6) is 0 Å². The maximum absolute atomic E-state index is 9.22. The average molecular weight is 310 g/mol. The zero-order chi connectivity index (χ0) is 17.1. The molecule has 1 aliphatic carbocycles. The number of rotatable bonds is 4. The molecular formula is C21H30N2. The Morgan fingerprint density at radius 1 is 1.26 bits per heavy atom. The minimum atomic E-state index is 0.316. The number of nitrogens with zero attached hydrogens (tertiary/aromatic N) is 2. The second-order valence-electron chi connectivity index (χ2n) is 8.23. The lowest BCUT2D eigenvalue weighted by molar-refractivity contribution is 0.106. The Morgan fingerprint density at radius 2 is 2.00 bits per heavy atom. The van der Waals surface area contributed by atoms with Crippen molar-refractivity contribution in [3.05, 3.63) is 41.6 Å². The molecule has 1 saturated carbocycles. The van der Waals surface area contributed by atoms with E-state index in [-0.39, 0.29) is 0 Å². The quantitative estimate of drug-likeness (QED) is 0.701. The van der Waals surface area contributed by atoms with Gasteiger partial charge >= 0.3 is 0 Å². The second-order valence-corrected chi connectivity index (χ2v) is 8.23. The third-order valence-electron chi connectivity index (χ3n) is 5.07. The molecule has 23 heavy (non-hydrogen) atoms. The predicted molar refractivity (Wildman–Crippen MR) is 98.4 cm³/mol. The Kier molecular flexibility index (Phi) is 5.19. The molecule has 1 atom stereocenters. The van der Waals surface area contributed by atoms with Gasteiger partial charge in [0.15, 0.2) is 0 Å². The first-order valence-electron chi connectivity index (χ1n) is 8.69. The van der Waals surface area contributed by atoms with Crippen molar-refractivity contribution in [2.75, 3.05) is 11.4 Å². The zero-order valence-corrected chi connectivity index (χ0v) is 15.3. The number of allylic oxidation sites excluding steroid dienone is 1. The summed E-state index contributed by atoms with van der Waals surface area (Å²) in [6.07, 6.45) is 9.43. The number of aryl methyl sites for hydroxylation is 1.